The quantitative estimate of drug-likeness (QED) is 0.111. The number of β-amino-alcohol motifs (C(OH)–C–C–N with tert-alkyl or cyclic N) is 1. The van der Waals surface area contributed by atoms with E-state index < -0.39 is 23.6 Å². The van der Waals surface area contributed by atoms with E-state index in [1.54, 1.807) is 11.3 Å². The summed E-state index contributed by atoms with van der Waals surface area (Å²) in [5, 5.41) is 19.4. The molecule has 1 aliphatic heterocycles. The summed E-state index contributed by atoms with van der Waals surface area (Å²) in [6, 6.07) is 6.30. The van der Waals surface area contributed by atoms with Gasteiger partial charge in [0.05, 0.1) is 22.2 Å². The highest BCUT2D eigenvalue weighted by Gasteiger charge is 2.44. The summed E-state index contributed by atoms with van der Waals surface area (Å²) in [5.74, 6) is 0.350. The van der Waals surface area contributed by atoms with Crippen LogP contribution in [0.15, 0.2) is 53.6 Å². The number of unbranched alkanes of at least 4 members (excludes halogenated alkanes) is 7. The third kappa shape index (κ3) is 13.0. The molecule has 11 nitrogen and oxygen atoms in total. The van der Waals surface area contributed by atoms with Crippen molar-refractivity contribution >= 4 is 35.2 Å². The molecule has 318 valence electrons. The first-order valence-corrected chi connectivity index (χ1v) is 22.5. The summed E-state index contributed by atoms with van der Waals surface area (Å²) >= 11 is 1.59. The lowest BCUT2D eigenvalue weighted by Crippen LogP contribution is -2.57. The van der Waals surface area contributed by atoms with Gasteiger partial charge in [-0.25, -0.2) is 9.78 Å². The molecule has 7 atom stereocenters. The van der Waals surface area contributed by atoms with Gasteiger partial charge in [0.25, 0.3) is 0 Å². The van der Waals surface area contributed by atoms with Crippen LogP contribution in [0.25, 0.3) is 10.4 Å². The number of likely N-dealkylation sites (tertiary alicyclic amines) is 1. The van der Waals surface area contributed by atoms with Gasteiger partial charge < -0.3 is 30.7 Å². The molecule has 0 radical (unpaired) electrons. The third-order valence-corrected chi connectivity index (χ3v) is 12.7. The second kappa shape index (κ2) is 21.3. The SMILES string of the molecule is Cc1ncsc1-c1ccc(CNC(=O)[C@@H]2C[C@@H](O)CN2C(=O)[C@@H](NC(=O)CCCCCCCCCCNC(=O)OC2CC(C)C=C3C=CC(C)CC32)C(C)(C)C)cc1. The molecular formula is C46H67N5O6S. The first kappa shape index (κ1) is 45.1. The van der Waals surface area contributed by atoms with E-state index in [9.17, 15) is 24.3 Å². The highest BCUT2D eigenvalue weighted by atomic mass is 32.1. The van der Waals surface area contributed by atoms with E-state index in [1.807, 2.05) is 57.5 Å². The Morgan fingerprint density at radius 3 is 2.29 bits per heavy atom. The smallest absolute Gasteiger partial charge is 0.407 e. The van der Waals surface area contributed by atoms with Gasteiger partial charge in [-0.3, -0.25) is 14.4 Å². The number of carbonyl (C=O) groups excluding carboxylic acids is 4. The Hall–Kier alpha value is -4.03. The number of thiazole rings is 1. The lowest BCUT2D eigenvalue weighted by atomic mass is 9.73. The third-order valence-electron chi connectivity index (χ3n) is 11.8. The van der Waals surface area contributed by atoms with E-state index in [4.69, 9.17) is 4.74 Å². The number of nitrogens with zero attached hydrogens (tertiary/aromatic N) is 2. The van der Waals surface area contributed by atoms with Crippen molar-refractivity contribution in [3.63, 3.8) is 0 Å². The fourth-order valence-corrected chi connectivity index (χ4v) is 9.28. The fourth-order valence-electron chi connectivity index (χ4n) is 8.47. The van der Waals surface area contributed by atoms with Gasteiger partial charge in [0.1, 0.15) is 18.2 Å². The van der Waals surface area contributed by atoms with E-state index >= 15 is 0 Å². The van der Waals surface area contributed by atoms with Crippen molar-refractivity contribution < 1.29 is 29.0 Å². The number of amides is 4. The predicted octanol–water partition coefficient (Wildman–Crippen LogP) is 8.01. The minimum Gasteiger partial charge on any atom is -0.446 e. The summed E-state index contributed by atoms with van der Waals surface area (Å²) in [5.41, 5.74) is 5.51. The van der Waals surface area contributed by atoms with Gasteiger partial charge in [-0.15, -0.1) is 11.3 Å². The van der Waals surface area contributed by atoms with Crippen LogP contribution in [0, 0.1) is 30.1 Å². The van der Waals surface area contributed by atoms with Crippen LogP contribution in [0.2, 0.25) is 0 Å². The van der Waals surface area contributed by atoms with Crippen molar-refractivity contribution in [2.75, 3.05) is 13.1 Å². The number of aromatic nitrogens is 1. The van der Waals surface area contributed by atoms with Crippen LogP contribution in [0.1, 0.15) is 123 Å². The van der Waals surface area contributed by atoms with E-state index in [2.05, 4.69) is 53.0 Å². The Kier molecular flexibility index (Phi) is 16.5. The summed E-state index contributed by atoms with van der Waals surface area (Å²) < 4.78 is 5.90. The molecule has 4 N–H and O–H groups in total. The molecule has 2 aromatic rings. The number of carbonyl (C=O) groups is 4. The predicted molar refractivity (Wildman–Crippen MR) is 230 cm³/mol. The Bertz CT molecular complexity index is 1750. The van der Waals surface area contributed by atoms with E-state index in [0.717, 1.165) is 85.9 Å². The monoisotopic (exact) mass is 817 g/mol. The number of aliphatic hydroxyl groups excluding tert-OH is 1. The number of rotatable bonds is 18. The van der Waals surface area contributed by atoms with Gasteiger partial charge >= 0.3 is 6.09 Å². The molecule has 4 amide bonds. The van der Waals surface area contributed by atoms with Crippen molar-refractivity contribution in [1.82, 2.24) is 25.8 Å². The average Bonchev–Trinajstić information content (AvgIpc) is 3.79. The van der Waals surface area contributed by atoms with Crippen LogP contribution in [0.5, 0.6) is 0 Å². The number of benzene rings is 1. The maximum Gasteiger partial charge on any atom is 0.407 e. The van der Waals surface area contributed by atoms with Crippen molar-refractivity contribution in [2.45, 2.75) is 149 Å². The van der Waals surface area contributed by atoms with Crippen LogP contribution in [0.4, 0.5) is 4.79 Å². The van der Waals surface area contributed by atoms with Crippen LogP contribution in [-0.4, -0.2) is 76.2 Å². The summed E-state index contributed by atoms with van der Waals surface area (Å²) in [6.07, 6.45) is 15.9. The number of hydrogen-bond acceptors (Lipinski definition) is 8. The largest absolute Gasteiger partial charge is 0.446 e. The Morgan fingerprint density at radius 2 is 1.62 bits per heavy atom. The maximum atomic E-state index is 13.9. The number of aryl methyl sites for hydroxylation is 1. The summed E-state index contributed by atoms with van der Waals surface area (Å²) in [6.45, 7) is 13.0. The topological polar surface area (TPSA) is 150 Å². The fraction of sp³-hybridized carbons (Fsp3) is 0.630. The molecule has 0 saturated carbocycles. The second-order valence-corrected chi connectivity index (χ2v) is 18.8. The van der Waals surface area contributed by atoms with Gasteiger partial charge in [0.15, 0.2) is 0 Å². The van der Waals surface area contributed by atoms with Gasteiger partial charge in [-0.1, -0.05) is 116 Å². The van der Waals surface area contributed by atoms with Crippen LogP contribution in [-0.2, 0) is 25.7 Å². The number of fused-ring (bicyclic) bond motifs is 1. The Balaban J connectivity index is 0.948. The summed E-state index contributed by atoms with van der Waals surface area (Å²) in [7, 11) is 0. The molecule has 2 heterocycles. The normalized spacial score (nSPS) is 23.4. The van der Waals surface area contributed by atoms with E-state index in [1.165, 1.54) is 10.5 Å². The minimum atomic E-state index is -0.834. The minimum absolute atomic E-state index is 0.0435. The lowest BCUT2D eigenvalue weighted by molar-refractivity contribution is -0.144. The average molecular weight is 818 g/mol. The molecule has 2 aliphatic carbocycles. The number of allylic oxidation sites excluding steroid dienone is 3. The van der Waals surface area contributed by atoms with Gasteiger partial charge in [-0.2, -0.15) is 0 Å². The van der Waals surface area contributed by atoms with E-state index in [0.29, 0.717) is 37.3 Å². The number of nitrogens with one attached hydrogen (secondary N) is 3. The number of alkyl carbamates (subject to hydrolysis) is 1. The van der Waals surface area contributed by atoms with Crippen molar-refractivity contribution in [3.8, 4) is 10.4 Å². The zero-order valence-corrected chi connectivity index (χ0v) is 36.4. The molecule has 1 saturated heterocycles. The zero-order chi connectivity index (χ0) is 41.8. The lowest BCUT2D eigenvalue weighted by Gasteiger charge is -2.37. The Morgan fingerprint density at radius 1 is 0.931 bits per heavy atom. The molecule has 1 fully saturated rings. The van der Waals surface area contributed by atoms with Crippen molar-refractivity contribution in [1.29, 1.82) is 0 Å². The van der Waals surface area contributed by atoms with Crippen LogP contribution >= 0.6 is 11.3 Å². The molecule has 0 bridgehead atoms. The van der Waals surface area contributed by atoms with Gasteiger partial charge in [-0.05, 0) is 66.6 Å². The first-order chi connectivity index (χ1) is 27.7. The standard InChI is InChI=1S/C46H67N5O6S/c1-30-16-19-35-23-31(2)25-39(37(35)24-30)57-45(56)47-22-14-12-10-8-7-9-11-13-15-40(53)50-42(46(4,5)6)44(55)51-28-36(52)26-38(51)43(54)48-27-33-17-20-34(21-18-33)41-32(3)49-29-58-41/h16-21,23,29-31,36-39,42,52H,7-15,22,24-28H2,1-6H3,(H,47,56)(H,48,54)(H,50,53)/t30?,31?,36-,37?,38+,39?,42-/m1/s1. The molecule has 58 heavy (non-hydrogen) atoms. The van der Waals surface area contributed by atoms with Crippen LogP contribution < -0.4 is 16.0 Å². The van der Waals surface area contributed by atoms with Crippen molar-refractivity contribution in [2.24, 2.45) is 23.2 Å². The second-order valence-electron chi connectivity index (χ2n) is 18.0. The summed E-state index contributed by atoms with van der Waals surface area (Å²) in [4.78, 5) is 59.9. The van der Waals surface area contributed by atoms with Gasteiger partial charge in [0.2, 0.25) is 17.7 Å². The molecule has 1 aromatic carbocycles. The van der Waals surface area contributed by atoms with Crippen LogP contribution in [0.3, 0.4) is 0 Å². The highest BCUT2D eigenvalue weighted by molar-refractivity contribution is 7.13. The number of hydrogen-bond donors (Lipinski definition) is 4. The molecule has 12 heteroatoms. The van der Waals surface area contributed by atoms with Crippen molar-refractivity contribution in [3.05, 3.63) is 64.8 Å². The molecule has 3 aliphatic rings. The van der Waals surface area contributed by atoms with E-state index in [-0.39, 0.29) is 42.9 Å². The molecular weight excluding hydrogens is 751 g/mol. The zero-order valence-electron chi connectivity index (χ0n) is 35.6. The number of ether oxygens (including phenoxy) is 1. The first-order valence-electron chi connectivity index (χ1n) is 21.6. The Labute approximate surface area is 349 Å². The maximum absolute atomic E-state index is 13.9. The number of aliphatic hydroxyl groups is 1. The molecule has 1 aromatic heterocycles. The van der Waals surface area contributed by atoms with Gasteiger partial charge in [0, 0.05) is 38.4 Å². The molecule has 5 rings (SSSR count). The molecule has 0 spiro atoms. The highest BCUT2D eigenvalue weighted by Crippen LogP contribution is 2.39. The molecule has 4 unspecified atom stereocenters.